The first-order valence-corrected chi connectivity index (χ1v) is 27.2. The molecule has 0 radical (unpaired) electrons. The Balaban J connectivity index is 4.44. The zero-order valence-corrected chi connectivity index (χ0v) is 42.5. The summed E-state index contributed by atoms with van der Waals surface area (Å²) in [6, 6.07) is 0. The maximum Gasteiger partial charge on any atom is 0.306 e. The summed E-state index contributed by atoms with van der Waals surface area (Å²) in [5.74, 6) is -0.987. The molecule has 0 fully saturated rings. The second kappa shape index (κ2) is 53.2. The molecule has 0 saturated heterocycles. The summed E-state index contributed by atoms with van der Waals surface area (Å²) in [6.07, 6.45) is 68.6. The van der Waals surface area contributed by atoms with Gasteiger partial charge in [0.05, 0.1) is 0 Å². The van der Waals surface area contributed by atoms with E-state index in [1.165, 1.54) is 154 Å². The Bertz CT molecular complexity index is 1270. The lowest BCUT2D eigenvalue weighted by molar-refractivity contribution is -0.167. The van der Waals surface area contributed by atoms with Gasteiger partial charge in [0.2, 0.25) is 0 Å². The number of rotatable bonds is 48. The van der Waals surface area contributed by atoms with Gasteiger partial charge in [-0.25, -0.2) is 0 Å². The predicted octanol–water partition coefficient (Wildman–Crippen LogP) is 18.0. The average molecular weight is 905 g/mol. The van der Waals surface area contributed by atoms with Crippen molar-refractivity contribution in [2.75, 3.05) is 13.2 Å². The highest BCUT2D eigenvalue weighted by molar-refractivity contribution is 5.71. The molecule has 0 rings (SSSR count). The number of esters is 3. The molecule has 0 bridgehead atoms. The highest BCUT2D eigenvalue weighted by atomic mass is 16.6. The second-order valence-corrected chi connectivity index (χ2v) is 17.9. The summed E-state index contributed by atoms with van der Waals surface area (Å²) in [5.41, 5.74) is 0. The molecule has 0 spiro atoms. The van der Waals surface area contributed by atoms with Crippen LogP contribution in [0.4, 0.5) is 0 Å². The van der Waals surface area contributed by atoms with Gasteiger partial charge in [0.15, 0.2) is 6.10 Å². The van der Waals surface area contributed by atoms with E-state index in [-0.39, 0.29) is 37.5 Å². The van der Waals surface area contributed by atoms with Crippen LogP contribution < -0.4 is 0 Å². The van der Waals surface area contributed by atoms with Gasteiger partial charge in [0.1, 0.15) is 13.2 Å². The number of unbranched alkanes of at least 4 members (excludes halogenated alkanes) is 27. The molecule has 6 heteroatoms. The van der Waals surface area contributed by atoms with Gasteiger partial charge in [-0.15, -0.1) is 0 Å². The first kappa shape index (κ1) is 61.6. The largest absolute Gasteiger partial charge is 0.462 e. The van der Waals surface area contributed by atoms with Crippen LogP contribution in [0.15, 0.2) is 85.1 Å². The van der Waals surface area contributed by atoms with E-state index in [1.54, 1.807) is 0 Å². The van der Waals surface area contributed by atoms with E-state index < -0.39 is 6.10 Å². The molecule has 0 saturated carbocycles. The highest BCUT2D eigenvalue weighted by Gasteiger charge is 2.19. The smallest absolute Gasteiger partial charge is 0.306 e. The van der Waals surface area contributed by atoms with Crippen LogP contribution in [0.3, 0.4) is 0 Å². The first-order chi connectivity index (χ1) is 32.0. The fraction of sp³-hybridized carbons (Fsp3) is 0.712. The van der Waals surface area contributed by atoms with E-state index >= 15 is 0 Å². The Kier molecular flexibility index (Phi) is 50.4. The van der Waals surface area contributed by atoms with Gasteiger partial charge in [0, 0.05) is 19.3 Å². The van der Waals surface area contributed by atoms with E-state index in [0.29, 0.717) is 19.3 Å². The molecule has 1 atom stereocenters. The summed E-state index contributed by atoms with van der Waals surface area (Å²) in [4.78, 5) is 38.0. The number of hydrogen-bond acceptors (Lipinski definition) is 6. The van der Waals surface area contributed by atoms with Crippen LogP contribution in [0.1, 0.15) is 252 Å². The van der Waals surface area contributed by atoms with Crippen molar-refractivity contribution in [3.8, 4) is 0 Å². The molecular weight excluding hydrogens is 805 g/mol. The van der Waals surface area contributed by atoms with Crippen molar-refractivity contribution >= 4 is 17.9 Å². The molecule has 0 aromatic carbocycles. The van der Waals surface area contributed by atoms with Gasteiger partial charge in [-0.05, 0) is 83.5 Å². The average Bonchev–Trinajstić information content (AvgIpc) is 3.30. The summed E-state index contributed by atoms with van der Waals surface area (Å²) in [5, 5.41) is 0. The standard InChI is InChI=1S/C59H100O6/c1-4-7-10-13-16-19-22-25-27-28-29-30-32-34-37-40-43-46-49-52-58(61)64-55-56(54-63-57(60)51-48-45-42-39-36-33-24-21-18-15-12-9-6-3)65-59(62)53-50-47-44-41-38-35-31-26-23-20-17-14-11-8-5-2/h9,12,15,18,20-21,23-24,28-29,33,36,39,42,56H,4-8,10-11,13-14,16-17,19,22,25-27,30-32,34-35,37-38,40-41,43-55H2,1-3H3/b12-9-,18-15-,23-20-,24-21-,29-28-,36-33-,42-39-. The van der Waals surface area contributed by atoms with Crippen molar-refractivity contribution in [2.45, 2.75) is 258 Å². The van der Waals surface area contributed by atoms with Gasteiger partial charge in [0.25, 0.3) is 0 Å². The van der Waals surface area contributed by atoms with Crippen molar-refractivity contribution in [3.05, 3.63) is 85.1 Å². The molecular formula is C59H100O6. The van der Waals surface area contributed by atoms with Gasteiger partial charge >= 0.3 is 17.9 Å². The monoisotopic (exact) mass is 905 g/mol. The van der Waals surface area contributed by atoms with Crippen LogP contribution in [-0.4, -0.2) is 37.2 Å². The molecule has 65 heavy (non-hydrogen) atoms. The Morgan fingerprint density at radius 2 is 0.631 bits per heavy atom. The van der Waals surface area contributed by atoms with Gasteiger partial charge in [-0.2, -0.15) is 0 Å². The van der Waals surface area contributed by atoms with E-state index in [9.17, 15) is 14.4 Å². The van der Waals surface area contributed by atoms with E-state index in [0.717, 1.165) is 51.4 Å². The van der Waals surface area contributed by atoms with E-state index in [4.69, 9.17) is 14.2 Å². The van der Waals surface area contributed by atoms with Gasteiger partial charge < -0.3 is 14.2 Å². The number of carbonyl (C=O) groups excluding carboxylic acids is 3. The van der Waals surface area contributed by atoms with Gasteiger partial charge in [-0.3, -0.25) is 14.4 Å². The van der Waals surface area contributed by atoms with E-state index in [1.807, 2.05) is 54.7 Å². The van der Waals surface area contributed by atoms with Crippen molar-refractivity contribution in [1.29, 1.82) is 0 Å². The molecule has 0 aromatic rings. The van der Waals surface area contributed by atoms with Crippen LogP contribution in [0.5, 0.6) is 0 Å². The minimum Gasteiger partial charge on any atom is -0.462 e. The summed E-state index contributed by atoms with van der Waals surface area (Å²) >= 11 is 0. The maximum absolute atomic E-state index is 12.8. The molecule has 0 N–H and O–H groups in total. The molecule has 0 aliphatic heterocycles. The molecule has 0 aromatic heterocycles. The third-order valence-electron chi connectivity index (χ3n) is 11.5. The third kappa shape index (κ3) is 51.4. The lowest BCUT2D eigenvalue weighted by Crippen LogP contribution is -2.30. The molecule has 6 nitrogen and oxygen atoms in total. The molecule has 0 aliphatic rings. The molecule has 0 amide bonds. The highest BCUT2D eigenvalue weighted by Crippen LogP contribution is 2.15. The topological polar surface area (TPSA) is 78.9 Å². The van der Waals surface area contributed by atoms with Crippen LogP contribution >= 0.6 is 0 Å². The summed E-state index contributed by atoms with van der Waals surface area (Å²) < 4.78 is 16.7. The number of hydrogen-bond donors (Lipinski definition) is 0. The molecule has 1 unspecified atom stereocenters. The fourth-order valence-electron chi connectivity index (χ4n) is 7.40. The Morgan fingerprint density at radius 1 is 0.323 bits per heavy atom. The quantitative estimate of drug-likeness (QED) is 0.0199. The lowest BCUT2D eigenvalue weighted by Gasteiger charge is -2.18. The third-order valence-corrected chi connectivity index (χ3v) is 11.5. The Morgan fingerprint density at radius 3 is 1.05 bits per heavy atom. The maximum atomic E-state index is 12.8. The normalized spacial score (nSPS) is 12.7. The van der Waals surface area contributed by atoms with Gasteiger partial charge in [-0.1, -0.05) is 234 Å². The zero-order chi connectivity index (χ0) is 47.2. The zero-order valence-electron chi connectivity index (χ0n) is 42.5. The molecule has 0 heterocycles. The van der Waals surface area contributed by atoms with Crippen molar-refractivity contribution in [3.63, 3.8) is 0 Å². The SMILES string of the molecule is CC\C=C/C=C\C=C/C=C\C=C/CCCC(=O)OCC(COC(=O)CCCCCCCCC/C=C\CCCCCCCCCC)OC(=O)CCCCCCCCC/C=C\CCCCCC. The number of carbonyl (C=O) groups is 3. The Labute approximate surface area is 401 Å². The molecule has 0 aliphatic carbocycles. The van der Waals surface area contributed by atoms with E-state index in [2.05, 4.69) is 51.2 Å². The van der Waals surface area contributed by atoms with Crippen molar-refractivity contribution in [2.24, 2.45) is 0 Å². The first-order valence-electron chi connectivity index (χ1n) is 27.2. The molecule has 372 valence electrons. The van der Waals surface area contributed by atoms with Crippen molar-refractivity contribution in [1.82, 2.24) is 0 Å². The van der Waals surface area contributed by atoms with Crippen molar-refractivity contribution < 1.29 is 28.6 Å². The lowest BCUT2D eigenvalue weighted by atomic mass is 10.1. The second-order valence-electron chi connectivity index (χ2n) is 17.9. The fourth-order valence-corrected chi connectivity index (χ4v) is 7.40. The summed E-state index contributed by atoms with van der Waals surface area (Å²) in [7, 11) is 0. The number of allylic oxidation sites excluding steroid dienone is 14. The van der Waals surface area contributed by atoms with Crippen LogP contribution in [-0.2, 0) is 28.6 Å². The predicted molar refractivity (Wildman–Crippen MR) is 279 cm³/mol. The minimum absolute atomic E-state index is 0.103. The van der Waals surface area contributed by atoms with Crippen LogP contribution in [0, 0.1) is 0 Å². The number of ether oxygens (including phenoxy) is 3. The minimum atomic E-state index is -0.809. The van der Waals surface area contributed by atoms with Crippen LogP contribution in [0.2, 0.25) is 0 Å². The Hall–Kier alpha value is -3.41. The summed E-state index contributed by atoms with van der Waals surface area (Å²) in [6.45, 7) is 6.42. The van der Waals surface area contributed by atoms with Crippen LogP contribution in [0.25, 0.3) is 0 Å².